The zero-order valence-electron chi connectivity index (χ0n) is 12.5. The van der Waals surface area contributed by atoms with Gasteiger partial charge in [-0.3, -0.25) is 0 Å². The Morgan fingerprint density at radius 3 is 2.82 bits per heavy atom. The first kappa shape index (κ1) is 15.3. The number of carbonyl (C=O) groups is 1. The molecule has 2 atom stereocenters. The molecule has 2 N–H and O–H groups in total. The summed E-state index contributed by atoms with van der Waals surface area (Å²) in [5.41, 5.74) is 2.51. The van der Waals surface area contributed by atoms with E-state index in [1.165, 1.54) is 11.1 Å². The van der Waals surface area contributed by atoms with Gasteiger partial charge in [-0.1, -0.05) is 24.3 Å². The SMILES string of the molecule is O=C(NCC1CCS(=O)(=O)C1)NC1CCCc2ccccc21. The molecule has 1 aromatic carbocycles. The molecule has 1 aliphatic carbocycles. The molecule has 5 nitrogen and oxygen atoms in total. The molecule has 0 radical (unpaired) electrons. The molecule has 22 heavy (non-hydrogen) atoms. The van der Waals surface area contributed by atoms with Gasteiger partial charge in [0.2, 0.25) is 0 Å². The van der Waals surface area contributed by atoms with E-state index in [1.807, 2.05) is 12.1 Å². The second-order valence-corrected chi connectivity index (χ2v) is 8.50. The van der Waals surface area contributed by atoms with Gasteiger partial charge in [0.25, 0.3) is 0 Å². The lowest BCUT2D eigenvalue weighted by Gasteiger charge is -2.26. The molecule has 2 aliphatic rings. The van der Waals surface area contributed by atoms with E-state index >= 15 is 0 Å². The van der Waals surface area contributed by atoms with Crippen molar-refractivity contribution in [3.05, 3.63) is 35.4 Å². The second kappa shape index (κ2) is 6.28. The van der Waals surface area contributed by atoms with Gasteiger partial charge in [-0.15, -0.1) is 0 Å². The number of hydrogen-bond acceptors (Lipinski definition) is 3. The molecule has 6 heteroatoms. The number of amides is 2. The minimum absolute atomic E-state index is 0.0504. The van der Waals surface area contributed by atoms with Crippen LogP contribution in [-0.4, -0.2) is 32.5 Å². The van der Waals surface area contributed by atoms with Crippen LogP contribution in [0.5, 0.6) is 0 Å². The summed E-state index contributed by atoms with van der Waals surface area (Å²) in [5, 5.41) is 5.85. The van der Waals surface area contributed by atoms with E-state index < -0.39 is 9.84 Å². The van der Waals surface area contributed by atoms with Crippen molar-refractivity contribution in [3.8, 4) is 0 Å². The van der Waals surface area contributed by atoms with Gasteiger partial charge in [-0.25, -0.2) is 13.2 Å². The number of urea groups is 1. The Hall–Kier alpha value is -1.56. The Labute approximate surface area is 131 Å². The molecule has 1 aliphatic heterocycles. The van der Waals surface area contributed by atoms with Crippen molar-refractivity contribution in [1.82, 2.24) is 10.6 Å². The van der Waals surface area contributed by atoms with Gasteiger partial charge in [0, 0.05) is 6.54 Å². The predicted octanol–water partition coefficient (Wildman–Crippen LogP) is 1.80. The van der Waals surface area contributed by atoms with Crippen LogP contribution in [0.15, 0.2) is 24.3 Å². The van der Waals surface area contributed by atoms with E-state index in [0.717, 1.165) is 19.3 Å². The summed E-state index contributed by atoms with van der Waals surface area (Å²) in [6.45, 7) is 0.430. The number of rotatable bonds is 3. The lowest BCUT2D eigenvalue weighted by atomic mass is 9.88. The molecule has 120 valence electrons. The molecule has 0 saturated carbocycles. The average molecular weight is 322 g/mol. The van der Waals surface area contributed by atoms with Crippen LogP contribution in [0.4, 0.5) is 4.79 Å². The first-order valence-corrected chi connectivity index (χ1v) is 9.68. The fourth-order valence-corrected chi connectivity index (χ4v) is 5.25. The Balaban J connectivity index is 1.53. The van der Waals surface area contributed by atoms with E-state index in [2.05, 4.69) is 22.8 Å². The summed E-state index contributed by atoms with van der Waals surface area (Å²) in [6, 6.07) is 8.07. The highest BCUT2D eigenvalue weighted by Gasteiger charge is 2.28. The van der Waals surface area contributed by atoms with Crippen LogP contribution in [0.3, 0.4) is 0 Å². The molecule has 1 fully saturated rings. The molecular weight excluding hydrogens is 300 g/mol. The smallest absolute Gasteiger partial charge is 0.315 e. The first-order chi connectivity index (χ1) is 10.5. The van der Waals surface area contributed by atoms with Crippen LogP contribution in [0.1, 0.15) is 36.4 Å². The maximum absolute atomic E-state index is 12.1. The summed E-state index contributed by atoms with van der Waals surface area (Å²) in [4.78, 5) is 12.1. The number of nitrogens with one attached hydrogen (secondary N) is 2. The molecule has 2 amide bonds. The van der Waals surface area contributed by atoms with E-state index in [1.54, 1.807) is 0 Å². The lowest BCUT2D eigenvalue weighted by Crippen LogP contribution is -2.41. The summed E-state index contributed by atoms with van der Waals surface area (Å²) >= 11 is 0. The van der Waals surface area contributed by atoms with Gasteiger partial charge < -0.3 is 10.6 Å². The zero-order valence-corrected chi connectivity index (χ0v) is 13.4. The monoisotopic (exact) mass is 322 g/mol. The minimum atomic E-state index is -2.88. The fraction of sp³-hybridized carbons (Fsp3) is 0.562. The number of sulfone groups is 1. The molecule has 0 bridgehead atoms. The topological polar surface area (TPSA) is 75.3 Å². The number of hydrogen-bond donors (Lipinski definition) is 2. The van der Waals surface area contributed by atoms with Crippen molar-refractivity contribution < 1.29 is 13.2 Å². The second-order valence-electron chi connectivity index (χ2n) is 6.27. The van der Waals surface area contributed by atoms with Crippen LogP contribution < -0.4 is 10.6 Å². The number of benzene rings is 1. The summed E-state index contributed by atoms with van der Waals surface area (Å²) in [7, 11) is -2.88. The maximum atomic E-state index is 12.1. The lowest BCUT2D eigenvalue weighted by molar-refractivity contribution is 0.234. The number of carbonyl (C=O) groups excluding carboxylic acids is 1. The van der Waals surface area contributed by atoms with Crippen molar-refractivity contribution in [2.75, 3.05) is 18.1 Å². The van der Waals surface area contributed by atoms with Gasteiger partial charge >= 0.3 is 6.03 Å². The zero-order chi connectivity index (χ0) is 15.6. The molecule has 1 saturated heterocycles. The first-order valence-electron chi connectivity index (χ1n) is 7.86. The molecule has 3 rings (SSSR count). The van der Waals surface area contributed by atoms with Crippen LogP contribution in [0, 0.1) is 5.92 Å². The Morgan fingerprint density at radius 1 is 1.23 bits per heavy atom. The van der Waals surface area contributed by atoms with E-state index in [0.29, 0.717) is 13.0 Å². The van der Waals surface area contributed by atoms with Crippen molar-refractivity contribution in [3.63, 3.8) is 0 Å². The maximum Gasteiger partial charge on any atom is 0.315 e. The van der Waals surface area contributed by atoms with Crippen molar-refractivity contribution >= 4 is 15.9 Å². The summed E-state index contributed by atoms with van der Waals surface area (Å²) in [5.74, 6) is 0.491. The van der Waals surface area contributed by atoms with Gasteiger partial charge in [0.15, 0.2) is 9.84 Å². The van der Waals surface area contributed by atoms with Gasteiger partial charge in [-0.05, 0) is 42.7 Å². The summed E-state index contributed by atoms with van der Waals surface area (Å²) in [6.07, 6.45) is 3.73. The highest BCUT2D eigenvalue weighted by molar-refractivity contribution is 7.91. The minimum Gasteiger partial charge on any atom is -0.338 e. The van der Waals surface area contributed by atoms with Crippen molar-refractivity contribution in [2.24, 2.45) is 5.92 Å². The third-order valence-corrected chi connectivity index (χ3v) is 6.39. The molecule has 2 unspecified atom stereocenters. The van der Waals surface area contributed by atoms with Gasteiger partial charge in [0.05, 0.1) is 17.5 Å². The van der Waals surface area contributed by atoms with Crippen LogP contribution >= 0.6 is 0 Å². The quantitative estimate of drug-likeness (QED) is 0.891. The normalized spacial score (nSPS) is 26.2. The molecule has 0 aromatic heterocycles. The van der Waals surface area contributed by atoms with Crippen molar-refractivity contribution in [1.29, 1.82) is 0 Å². The number of fused-ring (bicyclic) bond motifs is 1. The standard InChI is InChI=1S/C16H22N2O3S/c19-16(17-10-12-8-9-22(20,21)11-12)18-15-7-3-5-13-4-1-2-6-14(13)15/h1-2,4,6,12,15H,3,5,7-11H2,(H2,17,18,19). The molecule has 1 aromatic rings. The third-order valence-electron chi connectivity index (χ3n) is 4.55. The van der Waals surface area contributed by atoms with Gasteiger partial charge in [-0.2, -0.15) is 0 Å². The molecular formula is C16H22N2O3S. The Morgan fingerprint density at radius 2 is 2.05 bits per heavy atom. The third kappa shape index (κ3) is 3.61. The molecule has 0 spiro atoms. The largest absolute Gasteiger partial charge is 0.338 e. The fourth-order valence-electron chi connectivity index (χ4n) is 3.38. The number of aryl methyl sites for hydroxylation is 1. The Bertz CT molecular complexity index is 657. The van der Waals surface area contributed by atoms with Crippen LogP contribution in [0.25, 0.3) is 0 Å². The summed E-state index contributed by atoms with van der Waals surface area (Å²) < 4.78 is 22.8. The van der Waals surface area contributed by atoms with Crippen molar-refractivity contribution in [2.45, 2.75) is 31.7 Å². The predicted molar refractivity (Wildman–Crippen MR) is 85.4 cm³/mol. The highest BCUT2D eigenvalue weighted by Crippen LogP contribution is 2.29. The average Bonchev–Trinajstić information content (AvgIpc) is 2.85. The molecule has 1 heterocycles. The van der Waals surface area contributed by atoms with Crippen LogP contribution in [0.2, 0.25) is 0 Å². The van der Waals surface area contributed by atoms with Crippen LogP contribution in [-0.2, 0) is 16.3 Å². The Kier molecular flexibility index (Phi) is 4.38. The van der Waals surface area contributed by atoms with E-state index in [4.69, 9.17) is 0 Å². The van der Waals surface area contributed by atoms with E-state index in [-0.39, 0.29) is 29.5 Å². The van der Waals surface area contributed by atoms with E-state index in [9.17, 15) is 13.2 Å². The van der Waals surface area contributed by atoms with Gasteiger partial charge in [0.1, 0.15) is 0 Å². The highest BCUT2D eigenvalue weighted by atomic mass is 32.2.